The number of carboxylic acids is 6. The summed E-state index contributed by atoms with van der Waals surface area (Å²) in [7, 11) is 0. The topological polar surface area (TPSA) is 484 Å². The summed E-state index contributed by atoms with van der Waals surface area (Å²) < 4.78 is 0. The van der Waals surface area contributed by atoms with E-state index < -0.39 is 112 Å². The zero-order valence-corrected chi connectivity index (χ0v) is 27.3. The summed E-state index contributed by atoms with van der Waals surface area (Å²) in [4.78, 5) is 56.5. The standard InChI is InChI=1S/6C3H6O4.Co.Ni.Zn/c6*4-1-2(5)3(6)7;;;/h6*2,4-5H,1H2,(H,6,7);;;/q;;;;;;3*+2/p-6. The van der Waals surface area contributed by atoms with Crippen LogP contribution in [0.5, 0.6) is 0 Å². The summed E-state index contributed by atoms with van der Waals surface area (Å²) in [6.07, 6.45) is -10.4. The van der Waals surface area contributed by atoms with Crippen LogP contribution in [0.2, 0.25) is 0 Å². The average molecular weight is 813 g/mol. The Hall–Kier alpha value is -2.04. The molecular weight excluding hydrogens is 783 g/mol. The van der Waals surface area contributed by atoms with Crippen molar-refractivity contribution in [2.45, 2.75) is 36.6 Å². The van der Waals surface area contributed by atoms with Gasteiger partial charge in [-0.25, -0.2) is 0 Å². The van der Waals surface area contributed by atoms with E-state index in [1.807, 2.05) is 0 Å². The summed E-state index contributed by atoms with van der Waals surface area (Å²) in [5, 5.41) is 152. The molecule has 0 amide bonds. The molecule has 45 heavy (non-hydrogen) atoms. The Balaban J connectivity index is -0.0000000487. The molecule has 0 bridgehead atoms. The van der Waals surface area contributed by atoms with Crippen LogP contribution in [-0.4, -0.2) is 173 Å². The number of hydrogen-bond donors (Lipinski definition) is 12. The summed E-state index contributed by atoms with van der Waals surface area (Å²) in [6.45, 7) is -4.74. The molecule has 0 rings (SSSR count). The van der Waals surface area contributed by atoms with Gasteiger partial charge in [-0.3, -0.25) is 0 Å². The van der Waals surface area contributed by atoms with Crippen molar-refractivity contribution in [3.8, 4) is 0 Å². The molecule has 0 spiro atoms. The van der Waals surface area contributed by atoms with Crippen LogP contribution < -0.4 is 30.6 Å². The molecule has 12 N–H and O–H groups in total. The molecule has 0 aliphatic carbocycles. The van der Waals surface area contributed by atoms with Gasteiger partial charge in [0.2, 0.25) is 0 Å². The van der Waals surface area contributed by atoms with E-state index in [1.54, 1.807) is 0 Å². The SMILES string of the molecule is O=C([O-])C(O)CO.O=C([O-])C(O)CO.O=C([O-])C(O)CO.O=C([O-])C(O)CO.O=C([O-])C(O)CO.O=C([O-])C(O)CO.[Co+2].[Ni+2].[Zn+2]. The Bertz CT molecular complexity index is 592. The maximum Gasteiger partial charge on any atom is 2.00 e. The minimum atomic E-state index is -1.74. The van der Waals surface area contributed by atoms with Gasteiger partial charge in [0.15, 0.2) is 0 Å². The zero-order chi connectivity index (χ0) is 35.2. The second-order valence-electron chi connectivity index (χ2n) is 6.10. The quantitative estimate of drug-likeness (QED) is 0.0814. The van der Waals surface area contributed by atoms with E-state index in [4.69, 9.17) is 61.3 Å². The summed E-state index contributed by atoms with van der Waals surface area (Å²) >= 11 is 0. The fraction of sp³-hybridized carbons (Fsp3) is 0.667. The first-order valence-electron chi connectivity index (χ1n) is 10.1. The normalized spacial score (nSPS) is 12.5. The smallest absolute Gasteiger partial charge is 0.547 e. The third-order valence-electron chi connectivity index (χ3n) is 2.67. The van der Waals surface area contributed by atoms with Gasteiger partial charge in [0.25, 0.3) is 0 Å². The van der Waals surface area contributed by atoms with Crippen molar-refractivity contribution in [2.75, 3.05) is 39.6 Å². The molecule has 27 heteroatoms. The van der Waals surface area contributed by atoms with Crippen molar-refractivity contribution in [1.29, 1.82) is 0 Å². The van der Waals surface area contributed by atoms with E-state index in [-0.39, 0.29) is 52.7 Å². The third-order valence-corrected chi connectivity index (χ3v) is 2.67. The van der Waals surface area contributed by atoms with Gasteiger partial charge in [-0.15, -0.1) is 0 Å². The van der Waals surface area contributed by atoms with E-state index in [0.717, 1.165) is 0 Å². The maximum atomic E-state index is 9.41. The molecule has 0 aromatic carbocycles. The second kappa shape index (κ2) is 44.1. The van der Waals surface area contributed by atoms with Crippen molar-refractivity contribution in [3.05, 3.63) is 0 Å². The van der Waals surface area contributed by atoms with Crippen LogP contribution in [0.3, 0.4) is 0 Å². The Morgan fingerprint density at radius 2 is 0.422 bits per heavy atom. The van der Waals surface area contributed by atoms with Crippen LogP contribution in [0, 0.1) is 0 Å². The molecule has 6 unspecified atom stereocenters. The molecule has 0 aromatic rings. The molecule has 267 valence electrons. The van der Waals surface area contributed by atoms with Gasteiger partial charge in [0, 0.05) is 0 Å². The van der Waals surface area contributed by atoms with Crippen LogP contribution in [-0.2, 0) is 81.5 Å². The molecule has 0 aliphatic heterocycles. The third kappa shape index (κ3) is 58.1. The van der Waals surface area contributed by atoms with Gasteiger partial charge >= 0.3 is 52.7 Å². The first-order valence-corrected chi connectivity index (χ1v) is 10.1. The van der Waals surface area contributed by atoms with E-state index in [2.05, 4.69) is 0 Å². The van der Waals surface area contributed by atoms with Crippen molar-refractivity contribution < 1.29 is 173 Å². The molecule has 0 aromatic heterocycles. The number of aliphatic hydroxyl groups excluding tert-OH is 12. The van der Waals surface area contributed by atoms with E-state index in [1.165, 1.54) is 0 Å². The molecule has 1 radical (unpaired) electrons. The van der Waals surface area contributed by atoms with Crippen molar-refractivity contribution in [3.63, 3.8) is 0 Å². The zero-order valence-electron chi connectivity index (χ0n) is 22.3. The first kappa shape index (κ1) is 65.6. The van der Waals surface area contributed by atoms with Gasteiger partial charge in [-0.2, -0.15) is 0 Å². The summed E-state index contributed by atoms with van der Waals surface area (Å²) in [5.74, 6) is -9.90. The number of aliphatic hydroxyl groups is 12. The van der Waals surface area contributed by atoms with Crippen LogP contribution >= 0.6 is 0 Å². The molecule has 24 nitrogen and oxygen atoms in total. The van der Waals surface area contributed by atoms with Gasteiger partial charge in [-0.1, -0.05) is 0 Å². The molecule has 6 atom stereocenters. The van der Waals surface area contributed by atoms with Gasteiger partial charge < -0.3 is 121 Å². The first-order chi connectivity index (χ1) is 19.1. The van der Waals surface area contributed by atoms with Crippen LogP contribution in [0.15, 0.2) is 0 Å². The average Bonchev–Trinajstić information content (AvgIpc) is 2.95. The minimum absolute atomic E-state index is 0. The van der Waals surface area contributed by atoms with Gasteiger partial charge in [0.05, 0.1) is 75.5 Å². The number of aliphatic carboxylic acids is 6. The number of rotatable bonds is 12. The maximum absolute atomic E-state index is 9.41. The molecule has 0 fully saturated rings. The molecular formula is C18H30CoNiO24Zn. The fourth-order valence-electron chi connectivity index (χ4n) is 0.447. The van der Waals surface area contributed by atoms with Gasteiger partial charge in [0.1, 0.15) is 36.6 Å². The van der Waals surface area contributed by atoms with Crippen molar-refractivity contribution >= 4 is 35.8 Å². The molecule has 0 saturated heterocycles. The molecule has 0 aliphatic rings. The Morgan fingerprint density at radius 1 is 0.356 bits per heavy atom. The van der Waals surface area contributed by atoms with Crippen LogP contribution in [0.4, 0.5) is 0 Å². The number of hydrogen-bond acceptors (Lipinski definition) is 24. The number of carbonyl (C=O) groups excluding carboxylic acids is 6. The number of carboxylic acid groups (broad SMARTS) is 6. The number of carbonyl (C=O) groups is 6. The Labute approximate surface area is 284 Å². The summed E-state index contributed by atoms with van der Waals surface area (Å²) in [5.41, 5.74) is 0. The second-order valence-corrected chi connectivity index (χ2v) is 6.10. The van der Waals surface area contributed by atoms with Crippen LogP contribution in [0.25, 0.3) is 0 Å². The van der Waals surface area contributed by atoms with E-state index in [9.17, 15) is 59.4 Å². The summed E-state index contributed by atoms with van der Waals surface area (Å²) in [6, 6.07) is 0. The fourth-order valence-corrected chi connectivity index (χ4v) is 0.447. The molecule has 0 saturated carbocycles. The molecule has 0 heterocycles. The van der Waals surface area contributed by atoms with Crippen LogP contribution in [0.1, 0.15) is 0 Å². The monoisotopic (exact) mass is 811 g/mol. The largest absolute Gasteiger partial charge is 2.00 e. The Kier molecular flexibility index (Phi) is 64.3. The van der Waals surface area contributed by atoms with Crippen molar-refractivity contribution in [2.24, 2.45) is 0 Å². The van der Waals surface area contributed by atoms with Gasteiger partial charge in [-0.05, 0) is 0 Å². The van der Waals surface area contributed by atoms with E-state index >= 15 is 0 Å². The van der Waals surface area contributed by atoms with E-state index in [0.29, 0.717) is 0 Å². The minimum Gasteiger partial charge on any atom is -0.547 e. The predicted molar refractivity (Wildman–Crippen MR) is 109 cm³/mol. The predicted octanol–water partition coefficient (Wildman–Crippen LogP) is -17.5. The van der Waals surface area contributed by atoms with Crippen molar-refractivity contribution in [1.82, 2.24) is 0 Å². The Morgan fingerprint density at radius 3 is 0.422 bits per heavy atom.